The predicted octanol–water partition coefficient (Wildman–Crippen LogP) is 1.41. The zero-order valence-corrected chi connectivity index (χ0v) is 5.56. The van der Waals surface area contributed by atoms with Crippen molar-refractivity contribution in [3.05, 3.63) is 0 Å². The predicted molar refractivity (Wildman–Crippen MR) is 34.9 cm³/mol. The lowest BCUT2D eigenvalue weighted by atomic mass is 10.1. The first-order valence-corrected chi connectivity index (χ1v) is 3.49. The van der Waals surface area contributed by atoms with Crippen molar-refractivity contribution in [2.24, 2.45) is 5.92 Å². The lowest BCUT2D eigenvalue weighted by Gasteiger charge is -2.03. The molecule has 0 unspecified atom stereocenters. The van der Waals surface area contributed by atoms with Crippen molar-refractivity contribution in [2.75, 3.05) is 13.6 Å². The van der Waals surface area contributed by atoms with E-state index in [0.717, 1.165) is 12.5 Å². The highest BCUT2D eigenvalue weighted by Gasteiger charge is 2.13. The third-order valence-electron chi connectivity index (χ3n) is 1.92. The molecule has 0 aliphatic heterocycles. The topological polar surface area (TPSA) is 14.1 Å². The minimum absolute atomic E-state index is 0.944. The van der Waals surface area contributed by atoms with Crippen LogP contribution in [0.1, 0.15) is 25.7 Å². The Kier molecular flexibility index (Phi) is 2.34. The fraction of sp³-hybridized carbons (Fsp3) is 1.00. The van der Waals surface area contributed by atoms with Crippen molar-refractivity contribution >= 4 is 0 Å². The van der Waals surface area contributed by atoms with Gasteiger partial charge in [-0.05, 0) is 18.8 Å². The van der Waals surface area contributed by atoms with Gasteiger partial charge in [-0.25, -0.2) is 5.32 Å². The molecular formula is C7H14N. The van der Waals surface area contributed by atoms with E-state index >= 15 is 0 Å². The van der Waals surface area contributed by atoms with Gasteiger partial charge in [0.15, 0.2) is 0 Å². The second-order valence-corrected chi connectivity index (χ2v) is 2.65. The molecule has 0 atom stereocenters. The molecule has 1 nitrogen and oxygen atoms in total. The van der Waals surface area contributed by atoms with Crippen LogP contribution >= 0.6 is 0 Å². The molecule has 0 aromatic heterocycles. The molecule has 0 N–H and O–H groups in total. The van der Waals surface area contributed by atoms with Gasteiger partial charge in [-0.2, -0.15) is 0 Å². The van der Waals surface area contributed by atoms with E-state index in [1.54, 1.807) is 0 Å². The first kappa shape index (κ1) is 6.09. The van der Waals surface area contributed by atoms with Crippen LogP contribution in [-0.2, 0) is 0 Å². The Morgan fingerprint density at radius 2 is 2.00 bits per heavy atom. The molecule has 0 spiro atoms. The van der Waals surface area contributed by atoms with Crippen molar-refractivity contribution in [3.8, 4) is 0 Å². The van der Waals surface area contributed by atoms with Crippen molar-refractivity contribution in [3.63, 3.8) is 0 Å². The molecule has 1 saturated carbocycles. The highest BCUT2D eigenvalue weighted by Crippen LogP contribution is 2.23. The first-order valence-electron chi connectivity index (χ1n) is 3.49. The van der Waals surface area contributed by atoms with Gasteiger partial charge in [0, 0.05) is 13.6 Å². The third kappa shape index (κ3) is 1.48. The molecule has 0 bridgehead atoms. The highest BCUT2D eigenvalue weighted by molar-refractivity contribution is 4.67. The Bertz CT molecular complexity index is 55.4. The molecule has 0 aromatic rings. The van der Waals surface area contributed by atoms with Crippen molar-refractivity contribution in [1.82, 2.24) is 5.32 Å². The summed E-state index contributed by atoms with van der Waals surface area (Å²) in [6.45, 7) is 1.11. The first-order chi connectivity index (χ1) is 3.93. The summed E-state index contributed by atoms with van der Waals surface area (Å²) in [5.74, 6) is 0.944. The molecular weight excluding hydrogens is 98.1 g/mol. The molecule has 1 rings (SSSR count). The summed E-state index contributed by atoms with van der Waals surface area (Å²) in [6.07, 6.45) is 5.75. The maximum atomic E-state index is 4.12. The molecule has 0 saturated heterocycles. The second kappa shape index (κ2) is 3.08. The van der Waals surface area contributed by atoms with Crippen LogP contribution < -0.4 is 5.32 Å². The molecule has 1 heteroatoms. The quantitative estimate of drug-likeness (QED) is 0.513. The SMILES string of the molecule is C[N]CC1CCCC1. The van der Waals surface area contributed by atoms with Gasteiger partial charge in [-0.3, -0.25) is 0 Å². The van der Waals surface area contributed by atoms with Gasteiger partial charge in [-0.15, -0.1) is 0 Å². The Hall–Kier alpha value is -0.0400. The standard InChI is InChI=1S/C7H14N/c1-8-6-7-4-2-3-5-7/h7H,2-6H2,1H3. The van der Waals surface area contributed by atoms with Crippen LogP contribution in [0.4, 0.5) is 0 Å². The lowest BCUT2D eigenvalue weighted by molar-refractivity contribution is 0.511. The summed E-state index contributed by atoms with van der Waals surface area (Å²) in [4.78, 5) is 0. The minimum Gasteiger partial charge on any atom is -0.245 e. The molecule has 47 valence electrons. The summed E-state index contributed by atoms with van der Waals surface area (Å²) < 4.78 is 0. The van der Waals surface area contributed by atoms with Crippen molar-refractivity contribution in [1.29, 1.82) is 0 Å². The Labute approximate surface area is 51.5 Å². The summed E-state index contributed by atoms with van der Waals surface area (Å²) in [7, 11) is 1.92. The van der Waals surface area contributed by atoms with Gasteiger partial charge in [0.25, 0.3) is 0 Å². The van der Waals surface area contributed by atoms with E-state index in [-0.39, 0.29) is 0 Å². The summed E-state index contributed by atoms with van der Waals surface area (Å²) in [5.41, 5.74) is 0. The number of rotatable bonds is 2. The Morgan fingerprint density at radius 3 is 2.50 bits per heavy atom. The van der Waals surface area contributed by atoms with Gasteiger partial charge in [0.05, 0.1) is 0 Å². The van der Waals surface area contributed by atoms with E-state index in [4.69, 9.17) is 0 Å². The zero-order chi connectivity index (χ0) is 5.82. The molecule has 1 aliphatic rings. The van der Waals surface area contributed by atoms with Crippen LogP contribution in [0, 0.1) is 5.92 Å². The van der Waals surface area contributed by atoms with Crippen molar-refractivity contribution < 1.29 is 0 Å². The molecule has 1 aliphatic carbocycles. The minimum atomic E-state index is 0.944. The van der Waals surface area contributed by atoms with Crippen LogP contribution in [0.5, 0.6) is 0 Å². The monoisotopic (exact) mass is 112 g/mol. The van der Waals surface area contributed by atoms with Gasteiger partial charge in [-0.1, -0.05) is 12.8 Å². The third-order valence-corrected chi connectivity index (χ3v) is 1.92. The normalized spacial score (nSPS) is 22.1. The van der Waals surface area contributed by atoms with Crippen LogP contribution in [-0.4, -0.2) is 13.6 Å². The van der Waals surface area contributed by atoms with E-state index in [1.807, 2.05) is 7.05 Å². The summed E-state index contributed by atoms with van der Waals surface area (Å²) in [5, 5.41) is 4.12. The lowest BCUT2D eigenvalue weighted by Crippen LogP contribution is -2.09. The van der Waals surface area contributed by atoms with Crippen LogP contribution in [0.15, 0.2) is 0 Å². The fourth-order valence-corrected chi connectivity index (χ4v) is 1.45. The maximum Gasteiger partial charge on any atom is 0.0158 e. The molecule has 0 amide bonds. The van der Waals surface area contributed by atoms with Gasteiger partial charge in [0.1, 0.15) is 0 Å². The van der Waals surface area contributed by atoms with Crippen LogP contribution in [0.2, 0.25) is 0 Å². The van der Waals surface area contributed by atoms with E-state index < -0.39 is 0 Å². The van der Waals surface area contributed by atoms with Crippen molar-refractivity contribution in [2.45, 2.75) is 25.7 Å². The molecule has 1 radical (unpaired) electrons. The number of nitrogens with zero attached hydrogens (tertiary/aromatic N) is 1. The van der Waals surface area contributed by atoms with Crippen LogP contribution in [0.25, 0.3) is 0 Å². The zero-order valence-electron chi connectivity index (χ0n) is 5.56. The highest BCUT2D eigenvalue weighted by atomic mass is 14.8. The number of hydrogen-bond donors (Lipinski definition) is 0. The smallest absolute Gasteiger partial charge is 0.0158 e. The average molecular weight is 112 g/mol. The van der Waals surface area contributed by atoms with Gasteiger partial charge in [0.2, 0.25) is 0 Å². The van der Waals surface area contributed by atoms with Gasteiger partial charge >= 0.3 is 0 Å². The molecule has 0 heterocycles. The maximum absolute atomic E-state index is 4.12. The molecule has 1 fully saturated rings. The largest absolute Gasteiger partial charge is 0.245 e. The van der Waals surface area contributed by atoms with E-state index in [1.165, 1.54) is 25.7 Å². The van der Waals surface area contributed by atoms with E-state index in [2.05, 4.69) is 5.32 Å². The summed E-state index contributed by atoms with van der Waals surface area (Å²) >= 11 is 0. The van der Waals surface area contributed by atoms with E-state index in [0.29, 0.717) is 0 Å². The van der Waals surface area contributed by atoms with Crippen LogP contribution in [0.3, 0.4) is 0 Å². The fourth-order valence-electron chi connectivity index (χ4n) is 1.45. The van der Waals surface area contributed by atoms with Gasteiger partial charge < -0.3 is 0 Å². The Balaban J connectivity index is 2.06. The summed E-state index contributed by atoms with van der Waals surface area (Å²) in [6, 6.07) is 0. The van der Waals surface area contributed by atoms with E-state index in [9.17, 15) is 0 Å². The Morgan fingerprint density at radius 1 is 1.38 bits per heavy atom. The average Bonchev–Trinajstić information content (AvgIpc) is 2.19. The second-order valence-electron chi connectivity index (χ2n) is 2.65. The molecule has 8 heavy (non-hydrogen) atoms. The number of hydrogen-bond acceptors (Lipinski definition) is 0. The molecule has 0 aromatic carbocycles.